The molecule has 0 aliphatic carbocycles. The van der Waals surface area contributed by atoms with E-state index in [9.17, 15) is 9.59 Å². The van der Waals surface area contributed by atoms with Crippen LogP contribution in [0.1, 0.15) is 30.1 Å². The van der Waals surface area contributed by atoms with Crippen molar-refractivity contribution in [3.8, 4) is 0 Å². The fourth-order valence-electron chi connectivity index (χ4n) is 1.36. The van der Waals surface area contributed by atoms with Gasteiger partial charge in [-0.25, -0.2) is 0 Å². The van der Waals surface area contributed by atoms with Crippen LogP contribution in [0.4, 0.5) is 5.69 Å². The standard InChI is InChI=1S/C12H15ClN2O3/c1-7(16)2-5-11(17)15-8-3-4-10(13)9(6-8)12(14)18/h3-4,6-7,16H,2,5H2,1H3,(H2,14,18)(H,15,17). The number of anilines is 1. The summed E-state index contributed by atoms with van der Waals surface area (Å²) in [6, 6.07) is 4.49. The van der Waals surface area contributed by atoms with Gasteiger partial charge in [0.05, 0.1) is 16.7 Å². The lowest BCUT2D eigenvalue weighted by atomic mass is 10.1. The molecule has 1 aromatic rings. The SMILES string of the molecule is CC(O)CCC(=O)Nc1ccc(Cl)c(C(N)=O)c1. The second-order valence-electron chi connectivity index (χ2n) is 3.99. The zero-order chi connectivity index (χ0) is 13.7. The Morgan fingerprint density at radius 3 is 2.72 bits per heavy atom. The molecule has 0 bridgehead atoms. The van der Waals surface area contributed by atoms with Crippen LogP contribution in [-0.2, 0) is 4.79 Å². The first-order valence-corrected chi connectivity index (χ1v) is 5.85. The Bertz CT molecular complexity index is 461. The largest absolute Gasteiger partial charge is 0.393 e. The van der Waals surface area contributed by atoms with Crippen LogP contribution in [0, 0.1) is 0 Å². The van der Waals surface area contributed by atoms with Crippen molar-refractivity contribution in [2.45, 2.75) is 25.9 Å². The first-order valence-electron chi connectivity index (χ1n) is 5.47. The molecule has 0 aromatic heterocycles. The van der Waals surface area contributed by atoms with E-state index in [-0.39, 0.29) is 22.9 Å². The lowest BCUT2D eigenvalue weighted by Gasteiger charge is -2.08. The number of hydrogen-bond donors (Lipinski definition) is 3. The van der Waals surface area contributed by atoms with Gasteiger partial charge in [-0.15, -0.1) is 0 Å². The monoisotopic (exact) mass is 270 g/mol. The molecular weight excluding hydrogens is 256 g/mol. The van der Waals surface area contributed by atoms with Crippen molar-refractivity contribution >= 4 is 29.1 Å². The number of rotatable bonds is 5. The van der Waals surface area contributed by atoms with E-state index >= 15 is 0 Å². The third-order valence-electron chi connectivity index (χ3n) is 2.30. The summed E-state index contributed by atoms with van der Waals surface area (Å²) >= 11 is 5.78. The number of carbonyl (C=O) groups is 2. The van der Waals surface area contributed by atoms with Gasteiger partial charge in [0.15, 0.2) is 0 Å². The summed E-state index contributed by atoms with van der Waals surface area (Å²) in [4.78, 5) is 22.6. The van der Waals surface area contributed by atoms with Crippen LogP contribution in [0.2, 0.25) is 5.02 Å². The normalized spacial score (nSPS) is 11.9. The van der Waals surface area contributed by atoms with E-state index in [1.165, 1.54) is 12.1 Å². The van der Waals surface area contributed by atoms with E-state index in [1.54, 1.807) is 13.0 Å². The van der Waals surface area contributed by atoms with Crippen molar-refractivity contribution in [3.05, 3.63) is 28.8 Å². The summed E-state index contributed by atoms with van der Waals surface area (Å²) in [5.41, 5.74) is 5.75. The van der Waals surface area contributed by atoms with E-state index in [0.717, 1.165) is 0 Å². The van der Waals surface area contributed by atoms with Gasteiger partial charge in [0.1, 0.15) is 0 Å². The first kappa shape index (κ1) is 14.5. The lowest BCUT2D eigenvalue weighted by molar-refractivity contribution is -0.116. The molecule has 6 heteroatoms. The second-order valence-corrected chi connectivity index (χ2v) is 4.40. The van der Waals surface area contributed by atoms with Crippen molar-refractivity contribution in [2.24, 2.45) is 5.73 Å². The van der Waals surface area contributed by atoms with Gasteiger partial charge in [0.25, 0.3) is 0 Å². The van der Waals surface area contributed by atoms with Gasteiger partial charge in [-0.05, 0) is 31.5 Å². The minimum Gasteiger partial charge on any atom is -0.393 e. The van der Waals surface area contributed by atoms with Crippen molar-refractivity contribution in [3.63, 3.8) is 0 Å². The third kappa shape index (κ3) is 4.35. The fourth-order valence-corrected chi connectivity index (χ4v) is 1.57. The summed E-state index contributed by atoms with van der Waals surface area (Å²) in [6.45, 7) is 1.61. The molecule has 98 valence electrons. The van der Waals surface area contributed by atoms with Gasteiger partial charge in [-0.3, -0.25) is 9.59 Å². The van der Waals surface area contributed by atoms with E-state index in [2.05, 4.69) is 5.32 Å². The zero-order valence-electron chi connectivity index (χ0n) is 9.94. The van der Waals surface area contributed by atoms with E-state index in [4.69, 9.17) is 22.4 Å². The van der Waals surface area contributed by atoms with Gasteiger partial charge in [-0.1, -0.05) is 11.6 Å². The average Bonchev–Trinajstić information content (AvgIpc) is 2.28. The van der Waals surface area contributed by atoms with Crippen molar-refractivity contribution in [1.29, 1.82) is 0 Å². The Morgan fingerprint density at radius 1 is 1.50 bits per heavy atom. The molecule has 0 fully saturated rings. The zero-order valence-corrected chi connectivity index (χ0v) is 10.7. The first-order chi connectivity index (χ1) is 8.40. The number of aliphatic hydroxyl groups excluding tert-OH is 1. The molecule has 0 aliphatic rings. The Hall–Kier alpha value is -1.59. The van der Waals surface area contributed by atoms with Crippen LogP contribution in [0.15, 0.2) is 18.2 Å². The van der Waals surface area contributed by atoms with Crippen LogP contribution in [0.5, 0.6) is 0 Å². The molecule has 1 unspecified atom stereocenters. The number of hydrogen-bond acceptors (Lipinski definition) is 3. The number of nitrogens with one attached hydrogen (secondary N) is 1. The van der Waals surface area contributed by atoms with Gasteiger partial charge >= 0.3 is 0 Å². The minimum absolute atomic E-state index is 0.157. The van der Waals surface area contributed by atoms with Crippen LogP contribution in [0.3, 0.4) is 0 Å². The Morgan fingerprint density at radius 2 is 2.17 bits per heavy atom. The quantitative estimate of drug-likeness (QED) is 0.758. The molecular formula is C12H15ClN2O3. The molecule has 0 radical (unpaired) electrons. The Labute approximate surface area is 110 Å². The summed E-state index contributed by atoms with van der Waals surface area (Å²) in [6.07, 6.45) is 0.0519. The highest BCUT2D eigenvalue weighted by Crippen LogP contribution is 2.20. The molecule has 5 nitrogen and oxygen atoms in total. The molecule has 0 saturated heterocycles. The Balaban J connectivity index is 2.70. The molecule has 0 heterocycles. The topological polar surface area (TPSA) is 92.4 Å². The van der Waals surface area contributed by atoms with Gasteiger partial charge in [-0.2, -0.15) is 0 Å². The molecule has 0 aliphatic heterocycles. The Kier molecular flexibility index (Phi) is 5.12. The highest BCUT2D eigenvalue weighted by Gasteiger charge is 2.09. The van der Waals surface area contributed by atoms with Gasteiger partial charge < -0.3 is 16.2 Å². The van der Waals surface area contributed by atoms with Gasteiger partial charge in [0.2, 0.25) is 11.8 Å². The third-order valence-corrected chi connectivity index (χ3v) is 2.63. The number of carbonyl (C=O) groups excluding carboxylic acids is 2. The van der Waals surface area contributed by atoms with Crippen molar-refractivity contribution in [2.75, 3.05) is 5.32 Å². The maximum Gasteiger partial charge on any atom is 0.250 e. The minimum atomic E-state index is -0.653. The molecule has 18 heavy (non-hydrogen) atoms. The number of primary amides is 1. The van der Waals surface area contributed by atoms with Crippen molar-refractivity contribution in [1.82, 2.24) is 0 Å². The molecule has 1 atom stereocenters. The maximum absolute atomic E-state index is 11.5. The van der Waals surface area contributed by atoms with Crippen molar-refractivity contribution < 1.29 is 14.7 Å². The summed E-state index contributed by atoms with van der Waals surface area (Å²) < 4.78 is 0. The highest BCUT2D eigenvalue weighted by molar-refractivity contribution is 6.33. The summed E-state index contributed by atoms with van der Waals surface area (Å²) in [7, 11) is 0. The van der Waals surface area contributed by atoms with Gasteiger partial charge in [0, 0.05) is 12.1 Å². The predicted octanol–water partition coefficient (Wildman–Crippen LogP) is 1.54. The van der Waals surface area contributed by atoms with Crippen LogP contribution < -0.4 is 11.1 Å². The van der Waals surface area contributed by atoms with Crippen LogP contribution >= 0.6 is 11.6 Å². The number of aliphatic hydroxyl groups is 1. The molecule has 2 amide bonds. The molecule has 1 rings (SSSR count). The molecule has 4 N–H and O–H groups in total. The molecule has 0 spiro atoms. The van der Waals surface area contributed by atoms with E-state index in [0.29, 0.717) is 12.1 Å². The second kappa shape index (κ2) is 6.37. The van der Waals surface area contributed by atoms with Crippen LogP contribution in [0.25, 0.3) is 0 Å². The number of halogens is 1. The highest BCUT2D eigenvalue weighted by atomic mass is 35.5. The molecule has 0 saturated carbocycles. The lowest BCUT2D eigenvalue weighted by Crippen LogP contribution is -2.16. The number of amides is 2. The predicted molar refractivity (Wildman–Crippen MR) is 69.5 cm³/mol. The fraction of sp³-hybridized carbons (Fsp3) is 0.333. The number of benzene rings is 1. The summed E-state index contributed by atoms with van der Waals surface area (Å²) in [5, 5.41) is 11.9. The van der Waals surface area contributed by atoms with E-state index < -0.39 is 12.0 Å². The summed E-state index contributed by atoms with van der Waals surface area (Å²) in [5.74, 6) is -0.895. The van der Waals surface area contributed by atoms with E-state index in [1.807, 2.05) is 0 Å². The number of nitrogens with two attached hydrogens (primary N) is 1. The van der Waals surface area contributed by atoms with Crippen LogP contribution in [-0.4, -0.2) is 23.0 Å². The average molecular weight is 271 g/mol. The molecule has 1 aromatic carbocycles. The maximum atomic E-state index is 11.5. The smallest absolute Gasteiger partial charge is 0.250 e.